The Kier molecular flexibility index (Phi) is 4.95. The SMILES string of the molecule is CC(C)Nc1cc(F)ccc1NC(=O)CNCC1CC1. The highest BCUT2D eigenvalue weighted by molar-refractivity contribution is 5.95. The first-order valence-electron chi connectivity index (χ1n) is 7.11. The second-order valence-electron chi connectivity index (χ2n) is 5.61. The summed E-state index contributed by atoms with van der Waals surface area (Å²) in [5, 5.41) is 9.07. The topological polar surface area (TPSA) is 53.2 Å². The van der Waals surface area contributed by atoms with Crippen LogP contribution in [0.4, 0.5) is 15.8 Å². The van der Waals surface area contributed by atoms with Crippen LogP contribution in [0.2, 0.25) is 0 Å². The lowest BCUT2D eigenvalue weighted by Crippen LogP contribution is -2.29. The van der Waals surface area contributed by atoms with E-state index in [1.165, 1.54) is 25.0 Å². The zero-order valence-corrected chi connectivity index (χ0v) is 12.0. The highest BCUT2D eigenvalue weighted by Crippen LogP contribution is 2.27. The molecule has 2 rings (SSSR count). The monoisotopic (exact) mass is 279 g/mol. The Labute approximate surface area is 119 Å². The summed E-state index contributed by atoms with van der Waals surface area (Å²) >= 11 is 0. The lowest BCUT2D eigenvalue weighted by Gasteiger charge is -2.15. The van der Waals surface area contributed by atoms with Crippen LogP contribution >= 0.6 is 0 Å². The van der Waals surface area contributed by atoms with Crippen LogP contribution in [0, 0.1) is 11.7 Å². The Balaban J connectivity index is 1.90. The van der Waals surface area contributed by atoms with Crippen molar-refractivity contribution >= 4 is 17.3 Å². The highest BCUT2D eigenvalue weighted by Gasteiger charge is 2.20. The van der Waals surface area contributed by atoms with Crippen LogP contribution in [-0.4, -0.2) is 25.0 Å². The number of hydrogen-bond acceptors (Lipinski definition) is 3. The summed E-state index contributed by atoms with van der Waals surface area (Å²) in [6.07, 6.45) is 2.52. The Morgan fingerprint density at radius 2 is 2.10 bits per heavy atom. The van der Waals surface area contributed by atoms with Crippen molar-refractivity contribution < 1.29 is 9.18 Å². The van der Waals surface area contributed by atoms with Crippen LogP contribution in [0.1, 0.15) is 26.7 Å². The molecule has 0 aromatic heterocycles. The number of halogens is 1. The lowest BCUT2D eigenvalue weighted by atomic mass is 10.2. The first kappa shape index (κ1) is 14.8. The smallest absolute Gasteiger partial charge is 0.238 e. The molecule has 0 bridgehead atoms. The summed E-state index contributed by atoms with van der Waals surface area (Å²) in [6.45, 7) is 5.12. The van der Waals surface area contributed by atoms with E-state index in [0.29, 0.717) is 11.4 Å². The van der Waals surface area contributed by atoms with Gasteiger partial charge >= 0.3 is 0 Å². The predicted molar refractivity (Wildman–Crippen MR) is 79.4 cm³/mol. The van der Waals surface area contributed by atoms with E-state index < -0.39 is 0 Å². The fourth-order valence-electron chi connectivity index (χ4n) is 1.96. The van der Waals surface area contributed by atoms with E-state index in [-0.39, 0.29) is 24.3 Å². The van der Waals surface area contributed by atoms with Gasteiger partial charge in [-0.15, -0.1) is 0 Å². The molecule has 1 fully saturated rings. The van der Waals surface area contributed by atoms with Gasteiger partial charge in [0.15, 0.2) is 0 Å². The fourth-order valence-corrected chi connectivity index (χ4v) is 1.96. The molecule has 5 heteroatoms. The van der Waals surface area contributed by atoms with Crippen LogP contribution in [0.15, 0.2) is 18.2 Å². The molecule has 0 unspecified atom stereocenters. The molecule has 1 amide bonds. The highest BCUT2D eigenvalue weighted by atomic mass is 19.1. The van der Waals surface area contributed by atoms with E-state index in [1.54, 1.807) is 6.07 Å². The van der Waals surface area contributed by atoms with Gasteiger partial charge < -0.3 is 16.0 Å². The molecule has 0 spiro atoms. The normalized spacial score (nSPS) is 14.4. The molecule has 1 saturated carbocycles. The summed E-state index contributed by atoms with van der Waals surface area (Å²) in [6, 6.07) is 4.49. The minimum Gasteiger partial charge on any atom is -0.381 e. The van der Waals surface area contributed by atoms with Crippen LogP contribution in [-0.2, 0) is 4.79 Å². The van der Waals surface area contributed by atoms with Crippen LogP contribution in [0.25, 0.3) is 0 Å². The van der Waals surface area contributed by atoms with Gasteiger partial charge in [-0.2, -0.15) is 0 Å². The molecule has 0 aliphatic heterocycles. The number of benzene rings is 1. The van der Waals surface area contributed by atoms with Gasteiger partial charge in [0.2, 0.25) is 5.91 Å². The molecule has 3 N–H and O–H groups in total. The van der Waals surface area contributed by atoms with Crippen molar-refractivity contribution in [2.45, 2.75) is 32.7 Å². The predicted octanol–water partition coefficient (Wildman–Crippen LogP) is 2.58. The van der Waals surface area contributed by atoms with Crippen molar-refractivity contribution in [2.75, 3.05) is 23.7 Å². The lowest BCUT2D eigenvalue weighted by molar-refractivity contribution is -0.115. The van der Waals surface area contributed by atoms with Crippen molar-refractivity contribution in [2.24, 2.45) is 5.92 Å². The van der Waals surface area contributed by atoms with E-state index in [1.807, 2.05) is 13.8 Å². The van der Waals surface area contributed by atoms with E-state index in [9.17, 15) is 9.18 Å². The van der Waals surface area contributed by atoms with E-state index in [0.717, 1.165) is 12.5 Å². The van der Waals surface area contributed by atoms with Crippen LogP contribution < -0.4 is 16.0 Å². The van der Waals surface area contributed by atoms with E-state index in [2.05, 4.69) is 16.0 Å². The molecule has 1 aromatic carbocycles. The number of hydrogen-bond donors (Lipinski definition) is 3. The van der Waals surface area contributed by atoms with Crippen LogP contribution in [0.5, 0.6) is 0 Å². The molecular weight excluding hydrogens is 257 g/mol. The summed E-state index contributed by atoms with van der Waals surface area (Å²) in [5.41, 5.74) is 1.22. The van der Waals surface area contributed by atoms with Gasteiger partial charge in [0.1, 0.15) is 5.82 Å². The minimum atomic E-state index is -0.321. The summed E-state index contributed by atoms with van der Waals surface area (Å²) in [7, 11) is 0. The Bertz CT molecular complexity index is 472. The average molecular weight is 279 g/mol. The quantitative estimate of drug-likeness (QED) is 0.719. The maximum atomic E-state index is 13.3. The van der Waals surface area contributed by atoms with E-state index >= 15 is 0 Å². The first-order valence-corrected chi connectivity index (χ1v) is 7.11. The zero-order chi connectivity index (χ0) is 14.5. The van der Waals surface area contributed by atoms with E-state index in [4.69, 9.17) is 0 Å². The zero-order valence-electron chi connectivity index (χ0n) is 12.0. The van der Waals surface area contributed by atoms with Gasteiger partial charge in [0.25, 0.3) is 0 Å². The largest absolute Gasteiger partial charge is 0.381 e. The first-order chi connectivity index (χ1) is 9.54. The summed E-state index contributed by atoms with van der Waals surface area (Å²) < 4.78 is 13.3. The van der Waals surface area contributed by atoms with Crippen molar-refractivity contribution in [3.8, 4) is 0 Å². The Morgan fingerprint density at radius 3 is 2.75 bits per heavy atom. The average Bonchev–Trinajstić information content (AvgIpc) is 3.16. The third kappa shape index (κ3) is 4.81. The number of rotatable bonds is 7. The number of carbonyl (C=O) groups excluding carboxylic acids is 1. The second-order valence-corrected chi connectivity index (χ2v) is 5.61. The molecule has 110 valence electrons. The molecule has 20 heavy (non-hydrogen) atoms. The molecule has 4 nitrogen and oxygen atoms in total. The maximum Gasteiger partial charge on any atom is 0.238 e. The molecule has 0 atom stereocenters. The molecule has 1 aliphatic rings. The fraction of sp³-hybridized carbons (Fsp3) is 0.533. The molecule has 0 radical (unpaired) electrons. The molecule has 0 saturated heterocycles. The number of nitrogens with one attached hydrogen (secondary N) is 3. The van der Waals surface area contributed by atoms with Crippen molar-refractivity contribution in [3.05, 3.63) is 24.0 Å². The molecule has 0 heterocycles. The number of amides is 1. The Hall–Kier alpha value is -1.62. The molecule has 1 aliphatic carbocycles. The number of carbonyl (C=O) groups is 1. The van der Waals surface area contributed by atoms with Gasteiger partial charge in [0.05, 0.1) is 17.9 Å². The third-order valence-corrected chi connectivity index (χ3v) is 3.12. The molecular formula is C15H22FN3O. The van der Waals surface area contributed by atoms with Gasteiger partial charge in [-0.1, -0.05) is 0 Å². The van der Waals surface area contributed by atoms with Crippen molar-refractivity contribution in [1.82, 2.24) is 5.32 Å². The minimum absolute atomic E-state index is 0.107. The maximum absolute atomic E-state index is 13.3. The van der Waals surface area contributed by atoms with Gasteiger partial charge in [-0.05, 0) is 57.4 Å². The van der Waals surface area contributed by atoms with Crippen LogP contribution in [0.3, 0.4) is 0 Å². The standard InChI is InChI=1S/C15H22FN3O/c1-10(2)18-14-7-12(16)5-6-13(14)19-15(20)9-17-8-11-3-4-11/h5-7,10-11,17-18H,3-4,8-9H2,1-2H3,(H,19,20). The third-order valence-electron chi connectivity index (χ3n) is 3.12. The van der Waals surface area contributed by atoms with Gasteiger partial charge in [-0.3, -0.25) is 4.79 Å². The number of anilines is 2. The summed E-state index contributed by atoms with van der Waals surface area (Å²) in [4.78, 5) is 11.8. The molecule has 1 aromatic rings. The second kappa shape index (κ2) is 6.70. The summed E-state index contributed by atoms with van der Waals surface area (Å²) in [5.74, 6) is 0.314. The van der Waals surface area contributed by atoms with Crippen molar-refractivity contribution in [3.63, 3.8) is 0 Å². The Morgan fingerprint density at radius 1 is 1.35 bits per heavy atom. The van der Waals surface area contributed by atoms with Crippen molar-refractivity contribution in [1.29, 1.82) is 0 Å². The van der Waals surface area contributed by atoms with Gasteiger partial charge in [0, 0.05) is 6.04 Å². The van der Waals surface area contributed by atoms with Gasteiger partial charge in [-0.25, -0.2) is 4.39 Å².